The maximum Gasteiger partial charge on any atom is 0.294 e. The van der Waals surface area contributed by atoms with Crippen molar-refractivity contribution in [3.8, 4) is 5.75 Å². The molecule has 3 aromatic carbocycles. The highest BCUT2D eigenvalue weighted by atomic mass is 32.1. The Morgan fingerprint density at radius 2 is 1.58 bits per heavy atom. The number of halogens is 1. The van der Waals surface area contributed by atoms with E-state index < -0.39 is 0 Å². The van der Waals surface area contributed by atoms with Crippen LogP contribution in [0, 0.1) is 5.82 Å². The molecule has 1 heterocycles. The van der Waals surface area contributed by atoms with Crippen molar-refractivity contribution in [1.29, 1.82) is 0 Å². The molecular formula is C28H28FN3O3S. The molecule has 0 radical (unpaired) electrons. The zero-order valence-electron chi connectivity index (χ0n) is 20.0. The van der Waals surface area contributed by atoms with Crippen LogP contribution in [0.5, 0.6) is 5.75 Å². The van der Waals surface area contributed by atoms with Crippen molar-refractivity contribution < 1.29 is 18.8 Å². The quantitative estimate of drug-likeness (QED) is 0.249. The number of nitrogens with zero attached hydrogens (tertiary/aromatic N) is 2. The van der Waals surface area contributed by atoms with Crippen LogP contribution in [-0.2, 0) is 31.1 Å². The standard InChI is InChI=1S/C28H28FN3O3S/c1-2-35-31-28(33)26-20-36-27(30-26)18-32(16-21-8-12-24(29)13-9-21)17-22-10-14-25(15-11-22)34-19-23-6-4-3-5-7-23/h3-15,20H,2,16-19H2,1H3,(H,31,33). The SMILES string of the molecule is CCONC(=O)c1csc(CN(Cc2ccc(F)cc2)Cc2ccc(OCc3ccccc3)cc2)n1. The van der Waals surface area contributed by atoms with E-state index in [1.165, 1.54) is 23.5 Å². The van der Waals surface area contributed by atoms with E-state index in [0.29, 0.717) is 38.5 Å². The van der Waals surface area contributed by atoms with E-state index in [1.54, 1.807) is 24.4 Å². The number of rotatable bonds is 12. The van der Waals surface area contributed by atoms with Crippen LogP contribution >= 0.6 is 11.3 Å². The van der Waals surface area contributed by atoms with Gasteiger partial charge < -0.3 is 4.74 Å². The molecule has 36 heavy (non-hydrogen) atoms. The van der Waals surface area contributed by atoms with Crippen molar-refractivity contribution in [2.24, 2.45) is 0 Å². The van der Waals surface area contributed by atoms with Crippen LogP contribution in [0.4, 0.5) is 4.39 Å². The second-order valence-electron chi connectivity index (χ2n) is 8.18. The number of benzene rings is 3. The Morgan fingerprint density at radius 1 is 0.917 bits per heavy atom. The summed E-state index contributed by atoms with van der Waals surface area (Å²) >= 11 is 1.42. The summed E-state index contributed by atoms with van der Waals surface area (Å²) in [5.74, 6) is 0.175. The summed E-state index contributed by atoms with van der Waals surface area (Å²) < 4.78 is 19.3. The lowest BCUT2D eigenvalue weighted by Gasteiger charge is -2.22. The number of hydroxylamine groups is 1. The van der Waals surface area contributed by atoms with Gasteiger partial charge in [-0.2, -0.15) is 0 Å². The maximum atomic E-state index is 13.4. The lowest BCUT2D eigenvalue weighted by molar-refractivity contribution is 0.0360. The molecule has 8 heteroatoms. The molecule has 0 atom stereocenters. The van der Waals surface area contributed by atoms with Crippen molar-refractivity contribution in [2.75, 3.05) is 6.61 Å². The zero-order valence-corrected chi connectivity index (χ0v) is 20.8. The predicted octanol–water partition coefficient (Wildman–Crippen LogP) is 5.74. The first kappa shape index (κ1) is 25.5. The van der Waals surface area contributed by atoms with Gasteiger partial charge in [0.05, 0.1) is 13.2 Å². The van der Waals surface area contributed by atoms with Crippen molar-refractivity contribution in [1.82, 2.24) is 15.4 Å². The van der Waals surface area contributed by atoms with Crippen LogP contribution in [0.1, 0.15) is 39.1 Å². The molecule has 0 aliphatic carbocycles. The van der Waals surface area contributed by atoms with Gasteiger partial charge in [0.1, 0.15) is 28.9 Å². The molecule has 0 aliphatic rings. The minimum absolute atomic E-state index is 0.263. The number of hydrogen-bond acceptors (Lipinski definition) is 6. The molecule has 6 nitrogen and oxygen atoms in total. The summed E-state index contributed by atoms with van der Waals surface area (Å²) in [5, 5.41) is 2.53. The van der Waals surface area contributed by atoms with Gasteiger partial charge in [0, 0.05) is 18.5 Å². The highest BCUT2D eigenvalue weighted by molar-refractivity contribution is 7.09. The number of nitrogens with one attached hydrogen (secondary N) is 1. The summed E-state index contributed by atoms with van der Waals surface area (Å²) in [5.41, 5.74) is 5.91. The Balaban J connectivity index is 1.42. The fourth-order valence-electron chi connectivity index (χ4n) is 3.57. The second-order valence-corrected chi connectivity index (χ2v) is 9.12. The molecule has 0 unspecified atom stereocenters. The molecule has 4 aromatic rings. The molecule has 0 saturated heterocycles. The highest BCUT2D eigenvalue weighted by Crippen LogP contribution is 2.20. The topological polar surface area (TPSA) is 63.7 Å². The Hall–Kier alpha value is -3.59. The summed E-state index contributed by atoms with van der Waals surface area (Å²) in [4.78, 5) is 23.8. The van der Waals surface area contributed by atoms with Gasteiger partial charge in [-0.3, -0.25) is 14.5 Å². The fraction of sp³-hybridized carbons (Fsp3) is 0.214. The van der Waals surface area contributed by atoms with Gasteiger partial charge in [-0.25, -0.2) is 14.9 Å². The maximum absolute atomic E-state index is 13.4. The number of thiazole rings is 1. The largest absolute Gasteiger partial charge is 0.489 e. The lowest BCUT2D eigenvalue weighted by Crippen LogP contribution is -2.24. The van der Waals surface area contributed by atoms with Crippen molar-refractivity contribution in [2.45, 2.75) is 33.2 Å². The van der Waals surface area contributed by atoms with Crippen LogP contribution < -0.4 is 10.2 Å². The number of aromatic nitrogens is 1. The molecule has 0 spiro atoms. The molecule has 0 fully saturated rings. The van der Waals surface area contributed by atoms with E-state index in [2.05, 4.69) is 15.4 Å². The van der Waals surface area contributed by atoms with Gasteiger partial charge >= 0.3 is 0 Å². The fourth-order valence-corrected chi connectivity index (χ4v) is 4.39. The molecular weight excluding hydrogens is 477 g/mol. The third-order valence-electron chi connectivity index (χ3n) is 5.35. The zero-order chi connectivity index (χ0) is 25.2. The molecule has 1 amide bonds. The first-order valence-electron chi connectivity index (χ1n) is 11.7. The Morgan fingerprint density at radius 3 is 2.25 bits per heavy atom. The first-order valence-corrected chi connectivity index (χ1v) is 12.6. The van der Waals surface area contributed by atoms with E-state index >= 15 is 0 Å². The number of amides is 1. The van der Waals surface area contributed by atoms with E-state index in [1.807, 2.05) is 54.6 Å². The Bertz CT molecular complexity index is 1230. The van der Waals surface area contributed by atoms with Crippen LogP contribution in [0.15, 0.2) is 84.2 Å². The van der Waals surface area contributed by atoms with Crippen LogP contribution in [-0.4, -0.2) is 22.4 Å². The molecule has 4 rings (SSSR count). The summed E-state index contributed by atoms with van der Waals surface area (Å²) in [6, 6.07) is 24.6. The third kappa shape index (κ3) is 7.71. The highest BCUT2D eigenvalue weighted by Gasteiger charge is 2.15. The van der Waals surface area contributed by atoms with E-state index in [-0.39, 0.29) is 11.7 Å². The summed E-state index contributed by atoms with van der Waals surface area (Å²) in [7, 11) is 0. The monoisotopic (exact) mass is 505 g/mol. The van der Waals surface area contributed by atoms with Crippen molar-refractivity contribution >= 4 is 17.2 Å². The molecule has 0 saturated carbocycles. The predicted molar refractivity (Wildman–Crippen MR) is 138 cm³/mol. The molecule has 186 valence electrons. The van der Waals surface area contributed by atoms with Gasteiger partial charge in [-0.05, 0) is 47.9 Å². The molecule has 0 bridgehead atoms. The minimum atomic E-state index is -0.365. The van der Waals surface area contributed by atoms with Gasteiger partial charge in [0.2, 0.25) is 0 Å². The Labute approximate surface area is 214 Å². The van der Waals surface area contributed by atoms with E-state index in [9.17, 15) is 9.18 Å². The van der Waals surface area contributed by atoms with Crippen LogP contribution in [0.2, 0.25) is 0 Å². The summed E-state index contributed by atoms with van der Waals surface area (Å²) in [6.07, 6.45) is 0. The number of carbonyl (C=O) groups is 1. The molecule has 1 N–H and O–H groups in total. The number of carbonyl (C=O) groups excluding carboxylic acids is 1. The minimum Gasteiger partial charge on any atom is -0.489 e. The average Bonchev–Trinajstić information content (AvgIpc) is 3.37. The smallest absolute Gasteiger partial charge is 0.294 e. The van der Waals surface area contributed by atoms with Crippen LogP contribution in [0.25, 0.3) is 0 Å². The second kappa shape index (κ2) is 12.9. The van der Waals surface area contributed by atoms with Crippen LogP contribution in [0.3, 0.4) is 0 Å². The van der Waals surface area contributed by atoms with Gasteiger partial charge in [0.15, 0.2) is 0 Å². The first-order chi connectivity index (χ1) is 17.6. The van der Waals surface area contributed by atoms with Gasteiger partial charge in [0.25, 0.3) is 5.91 Å². The third-order valence-corrected chi connectivity index (χ3v) is 6.18. The average molecular weight is 506 g/mol. The summed E-state index contributed by atoms with van der Waals surface area (Å²) in [6.45, 7) is 4.48. The number of hydrogen-bond donors (Lipinski definition) is 1. The lowest BCUT2D eigenvalue weighted by atomic mass is 10.1. The van der Waals surface area contributed by atoms with E-state index in [4.69, 9.17) is 9.57 Å². The Kier molecular flexibility index (Phi) is 9.15. The van der Waals surface area contributed by atoms with E-state index in [0.717, 1.165) is 27.4 Å². The van der Waals surface area contributed by atoms with Crippen molar-refractivity contribution in [3.05, 3.63) is 117 Å². The van der Waals surface area contributed by atoms with Gasteiger partial charge in [-0.15, -0.1) is 11.3 Å². The molecule has 1 aromatic heterocycles. The number of ether oxygens (including phenoxy) is 1. The normalized spacial score (nSPS) is 11.0. The van der Waals surface area contributed by atoms with Gasteiger partial charge in [-0.1, -0.05) is 54.6 Å². The molecule has 0 aliphatic heterocycles. The van der Waals surface area contributed by atoms with Crippen molar-refractivity contribution in [3.63, 3.8) is 0 Å².